The fourth-order valence-corrected chi connectivity index (χ4v) is 4.73. The van der Waals surface area contributed by atoms with E-state index >= 15 is 4.39 Å². The second kappa shape index (κ2) is 8.05. The molecule has 1 saturated heterocycles. The normalized spacial score (nSPS) is 35.3. The van der Waals surface area contributed by atoms with E-state index in [0.29, 0.717) is 15.7 Å². The first kappa shape index (κ1) is 21.2. The Balaban J connectivity index is 1.58. The van der Waals surface area contributed by atoms with Crippen LogP contribution in [0.5, 0.6) is 5.75 Å². The number of rotatable bonds is 4. The number of phosphoric ester groups is 1. The predicted molar refractivity (Wildman–Crippen MR) is 107 cm³/mol. The number of aryl methyl sites for hydroxylation is 1. The van der Waals surface area contributed by atoms with E-state index in [1.54, 1.807) is 25.1 Å². The lowest BCUT2D eigenvalue weighted by Crippen LogP contribution is -2.43. The van der Waals surface area contributed by atoms with E-state index < -0.39 is 54.0 Å². The maximum absolute atomic E-state index is 15.5. The molecule has 0 spiro atoms. The maximum atomic E-state index is 15.5. The molecule has 5 atom stereocenters. The van der Waals surface area contributed by atoms with Gasteiger partial charge >= 0.3 is 7.82 Å². The highest BCUT2D eigenvalue weighted by molar-refractivity contribution is 7.71. The van der Waals surface area contributed by atoms with Crippen LogP contribution in [-0.2, 0) is 25.0 Å². The Bertz CT molecular complexity index is 1250. The second-order valence-electron chi connectivity index (χ2n) is 6.87. The first-order valence-electron chi connectivity index (χ1n) is 9.33. The van der Waals surface area contributed by atoms with Crippen molar-refractivity contribution in [1.29, 1.82) is 0 Å². The van der Waals surface area contributed by atoms with E-state index in [1.165, 1.54) is 0 Å². The molecule has 0 amide bonds. The molecule has 14 heteroatoms. The fraction of sp³-hybridized carbons (Fsp3) is 0.412. The number of aliphatic hydroxyl groups is 2. The van der Waals surface area contributed by atoms with Crippen molar-refractivity contribution in [3.05, 3.63) is 55.7 Å². The van der Waals surface area contributed by atoms with Crippen LogP contribution in [0.25, 0.3) is 0 Å². The maximum Gasteiger partial charge on any atom is 0.530 e. The number of phosphoric acid groups is 1. The lowest BCUT2D eigenvalue weighted by atomic mass is 10.1. The van der Waals surface area contributed by atoms with Crippen molar-refractivity contribution in [2.75, 3.05) is 6.61 Å². The molecule has 2 aromatic rings. The molecular weight excluding hydrogens is 478 g/mol. The van der Waals surface area contributed by atoms with Gasteiger partial charge in [0.1, 0.15) is 29.6 Å². The van der Waals surface area contributed by atoms with E-state index in [9.17, 15) is 19.6 Å². The molecule has 2 aliphatic heterocycles. The van der Waals surface area contributed by atoms with E-state index in [-0.39, 0.29) is 12.4 Å². The molecule has 0 bridgehead atoms. The molecule has 1 unspecified atom stereocenters. The van der Waals surface area contributed by atoms with Crippen molar-refractivity contribution in [3.8, 4) is 5.75 Å². The van der Waals surface area contributed by atoms with Crippen molar-refractivity contribution in [2.24, 2.45) is 0 Å². The molecule has 2 aliphatic rings. The average Bonchev–Trinajstić information content (AvgIpc) is 2.91. The minimum Gasteiger partial charge on any atom is -0.403 e. The van der Waals surface area contributed by atoms with Crippen LogP contribution in [0.2, 0.25) is 5.02 Å². The van der Waals surface area contributed by atoms with Gasteiger partial charge in [0.25, 0.3) is 11.4 Å². The molecule has 4 rings (SSSR count). The summed E-state index contributed by atoms with van der Waals surface area (Å²) >= 11 is 10.7. The number of para-hydroxylation sites is 1. The van der Waals surface area contributed by atoms with Gasteiger partial charge in [-0.2, -0.15) is 0 Å². The Morgan fingerprint density at radius 3 is 3.03 bits per heavy atom. The Hall–Kier alpha value is -1.63. The molecular formula is C17H17ClFN2O8PS. The van der Waals surface area contributed by atoms with Crippen molar-refractivity contribution in [3.63, 3.8) is 0 Å². The van der Waals surface area contributed by atoms with E-state index in [0.717, 1.165) is 6.20 Å². The van der Waals surface area contributed by atoms with Crippen LogP contribution in [0.15, 0.2) is 29.2 Å². The van der Waals surface area contributed by atoms with Crippen molar-refractivity contribution < 1.29 is 38.8 Å². The third-order valence-corrected chi connectivity index (χ3v) is 6.56. The molecule has 3 heterocycles. The highest BCUT2D eigenvalue weighted by Crippen LogP contribution is 2.56. The average molecular weight is 496 g/mol. The fourth-order valence-electron chi connectivity index (χ4n) is 3.06. The Kier molecular flexibility index (Phi) is 5.51. The molecule has 10 nitrogen and oxygen atoms in total. The molecule has 1 aromatic carbocycles. The smallest absolute Gasteiger partial charge is 0.403 e. The summed E-state index contributed by atoms with van der Waals surface area (Å²) in [4.78, 5) is 13.7. The first-order valence-corrected chi connectivity index (χ1v) is 11.1. The summed E-state index contributed by atoms with van der Waals surface area (Å²) in [5.74, 6) is -2.97. The molecule has 0 aliphatic carbocycles. The third-order valence-electron chi connectivity index (χ3n) is 4.70. The number of nitrogens with zero attached hydrogens (tertiary/aromatic N) is 1. The summed E-state index contributed by atoms with van der Waals surface area (Å²) in [6, 6.07) is 5.15. The SMILES string of the molecule is [2H][C@@]1(n2cc(Cl)c(=O)[nH]c2=S)O[C@](F)(COP2(=O)OCc3cccc(C)c3O2)[C@@H](O)[C@H]1O. The van der Waals surface area contributed by atoms with E-state index in [4.69, 9.17) is 43.5 Å². The summed E-state index contributed by atoms with van der Waals surface area (Å²) < 4.78 is 57.4. The molecule has 0 radical (unpaired) electrons. The second-order valence-corrected chi connectivity index (χ2v) is 9.26. The van der Waals surface area contributed by atoms with Crippen LogP contribution in [0, 0.1) is 11.7 Å². The molecule has 3 N–H and O–H groups in total. The van der Waals surface area contributed by atoms with Crippen LogP contribution in [0.1, 0.15) is 18.7 Å². The zero-order valence-corrected chi connectivity index (χ0v) is 18.2. The minimum atomic E-state index is -4.32. The number of hydrogen-bond acceptors (Lipinski definition) is 9. The van der Waals surface area contributed by atoms with Crippen LogP contribution in [0.4, 0.5) is 4.39 Å². The summed E-state index contributed by atoms with van der Waals surface area (Å²) in [7, 11) is -4.32. The number of alkyl halides is 1. The highest BCUT2D eigenvalue weighted by atomic mass is 35.5. The number of aromatic nitrogens is 2. The van der Waals surface area contributed by atoms with Gasteiger partial charge < -0.3 is 19.5 Å². The van der Waals surface area contributed by atoms with Gasteiger partial charge in [0, 0.05) is 11.8 Å². The summed E-state index contributed by atoms with van der Waals surface area (Å²) in [6.45, 7) is 0.348. The number of ether oxygens (including phenoxy) is 1. The summed E-state index contributed by atoms with van der Waals surface area (Å²) in [5.41, 5.74) is 0.475. The van der Waals surface area contributed by atoms with Crippen molar-refractivity contribution >= 4 is 31.6 Å². The molecule has 0 saturated carbocycles. The Morgan fingerprint density at radius 1 is 1.55 bits per heavy atom. The van der Waals surface area contributed by atoms with Crippen LogP contribution in [-0.4, -0.2) is 44.4 Å². The standard InChI is InChI=1S/C17H17ClFN2O8PS/c1-8-3-2-4-9-6-26-30(25,29-12(8)9)27-7-17(19)13(23)11(22)15(28-17)21-5-10(18)14(24)20-16(21)31/h2-5,11,13,15,22-23H,6-7H2,1H3,(H,20,24,31)/t11-,13+,15-,17-,30?/m1/s1/i15D. The van der Waals surface area contributed by atoms with Crippen molar-refractivity contribution in [1.82, 2.24) is 9.55 Å². The number of benzene rings is 1. The number of fused-ring (bicyclic) bond motifs is 1. The van der Waals surface area contributed by atoms with Crippen LogP contribution >= 0.6 is 31.6 Å². The van der Waals surface area contributed by atoms with Gasteiger partial charge in [-0.25, -0.2) is 8.96 Å². The molecule has 168 valence electrons. The zero-order chi connectivity index (χ0) is 23.5. The predicted octanol–water partition coefficient (Wildman–Crippen LogP) is 2.52. The minimum absolute atomic E-state index is 0.132. The van der Waals surface area contributed by atoms with Gasteiger partial charge in [0.15, 0.2) is 11.0 Å². The Morgan fingerprint density at radius 2 is 2.29 bits per heavy atom. The Labute approximate surface area is 186 Å². The number of H-pyrrole nitrogens is 1. The lowest BCUT2D eigenvalue weighted by Gasteiger charge is -2.29. The number of hydrogen-bond donors (Lipinski definition) is 3. The van der Waals surface area contributed by atoms with Gasteiger partial charge in [0.2, 0.25) is 0 Å². The highest BCUT2D eigenvalue weighted by Gasteiger charge is 2.57. The quantitative estimate of drug-likeness (QED) is 0.432. The van der Waals surface area contributed by atoms with Crippen LogP contribution in [0.3, 0.4) is 0 Å². The number of halogens is 2. The van der Waals surface area contributed by atoms with Gasteiger partial charge in [-0.1, -0.05) is 29.8 Å². The zero-order valence-electron chi connectivity index (χ0n) is 16.8. The number of aromatic amines is 1. The van der Waals surface area contributed by atoms with Gasteiger partial charge in [-0.15, -0.1) is 0 Å². The van der Waals surface area contributed by atoms with Gasteiger partial charge in [-0.3, -0.25) is 23.4 Å². The molecule has 31 heavy (non-hydrogen) atoms. The molecule has 1 aromatic heterocycles. The molecule has 1 fully saturated rings. The monoisotopic (exact) mass is 495 g/mol. The largest absolute Gasteiger partial charge is 0.530 e. The number of nitrogens with one attached hydrogen (secondary N) is 1. The van der Waals surface area contributed by atoms with Gasteiger partial charge in [0.05, 0.1) is 7.98 Å². The summed E-state index contributed by atoms with van der Waals surface area (Å²) in [6.07, 6.45) is -6.43. The number of aliphatic hydroxyl groups excluding tert-OH is 2. The van der Waals surface area contributed by atoms with E-state index in [2.05, 4.69) is 4.98 Å². The summed E-state index contributed by atoms with van der Waals surface area (Å²) in [5, 5.41) is 20.2. The topological polar surface area (TPSA) is 132 Å². The van der Waals surface area contributed by atoms with Crippen LogP contribution < -0.4 is 10.1 Å². The van der Waals surface area contributed by atoms with Crippen molar-refractivity contribution in [2.45, 2.75) is 37.8 Å². The third kappa shape index (κ3) is 4.10. The van der Waals surface area contributed by atoms with Gasteiger partial charge in [-0.05, 0) is 24.7 Å². The van der Waals surface area contributed by atoms with E-state index in [1.807, 2.05) is 0 Å². The lowest BCUT2D eigenvalue weighted by molar-refractivity contribution is -0.205. The first-order chi connectivity index (χ1) is 14.9.